The van der Waals surface area contributed by atoms with Gasteiger partial charge in [0.25, 0.3) is 5.91 Å². The molecule has 1 aliphatic heterocycles. The maximum absolute atomic E-state index is 13.6. The van der Waals surface area contributed by atoms with Crippen LogP contribution < -0.4 is 10.2 Å². The first-order chi connectivity index (χ1) is 14.2. The van der Waals surface area contributed by atoms with Crippen molar-refractivity contribution in [2.24, 2.45) is 0 Å². The van der Waals surface area contributed by atoms with E-state index in [0.717, 1.165) is 4.73 Å². The summed E-state index contributed by atoms with van der Waals surface area (Å²) < 4.78 is 52.7. The molecule has 6 nitrogen and oxygen atoms in total. The van der Waals surface area contributed by atoms with Gasteiger partial charge in [0.05, 0.1) is 22.6 Å². The zero-order chi connectivity index (χ0) is 21.5. The molecular weight excluding hydrogens is 406 g/mol. The Morgan fingerprint density at radius 3 is 2.67 bits per heavy atom. The molecule has 0 unspecified atom stereocenters. The minimum atomic E-state index is -5.21. The third kappa shape index (κ3) is 3.63. The number of fused-ring (bicyclic) bond motifs is 1. The Labute approximate surface area is 167 Å². The van der Waals surface area contributed by atoms with Gasteiger partial charge in [-0.3, -0.25) is 9.78 Å². The summed E-state index contributed by atoms with van der Waals surface area (Å²) in [5, 5.41) is 2.59. The van der Waals surface area contributed by atoms with Crippen molar-refractivity contribution < 1.29 is 32.0 Å². The molecule has 10 heteroatoms. The molecule has 4 rings (SSSR count). The SMILES string of the molecule is O=C1NCCc2c1cc(-c1ccnc(-c3cccc(F)c3)c1)n2OC(=O)C(F)(F)F. The highest BCUT2D eigenvalue weighted by Gasteiger charge is 2.43. The smallest absolute Gasteiger partial charge is 0.352 e. The van der Waals surface area contributed by atoms with Crippen molar-refractivity contribution in [1.82, 2.24) is 15.0 Å². The summed E-state index contributed by atoms with van der Waals surface area (Å²) in [5.74, 6) is -3.37. The first kappa shape index (κ1) is 19.6. The summed E-state index contributed by atoms with van der Waals surface area (Å²) in [7, 11) is 0. The molecule has 3 heterocycles. The largest absolute Gasteiger partial charge is 0.493 e. The van der Waals surface area contributed by atoms with Crippen molar-refractivity contribution >= 4 is 11.9 Å². The van der Waals surface area contributed by atoms with Gasteiger partial charge in [-0.25, -0.2) is 9.18 Å². The van der Waals surface area contributed by atoms with Gasteiger partial charge >= 0.3 is 12.1 Å². The van der Waals surface area contributed by atoms with Gasteiger partial charge in [-0.15, -0.1) is 0 Å². The zero-order valence-corrected chi connectivity index (χ0v) is 15.2. The van der Waals surface area contributed by atoms with E-state index in [9.17, 15) is 27.2 Å². The molecule has 1 aliphatic rings. The van der Waals surface area contributed by atoms with Crippen LogP contribution in [-0.2, 0) is 11.2 Å². The van der Waals surface area contributed by atoms with E-state index < -0.39 is 23.9 Å². The number of amides is 1. The van der Waals surface area contributed by atoms with Crippen LogP contribution >= 0.6 is 0 Å². The average molecular weight is 419 g/mol. The minimum Gasteiger partial charge on any atom is -0.352 e. The number of alkyl halides is 3. The summed E-state index contributed by atoms with van der Waals surface area (Å²) in [6, 6.07) is 9.98. The molecule has 30 heavy (non-hydrogen) atoms. The van der Waals surface area contributed by atoms with E-state index in [1.807, 2.05) is 0 Å². The Balaban J connectivity index is 1.83. The number of halogens is 4. The molecule has 0 atom stereocenters. The number of hydrogen-bond acceptors (Lipinski definition) is 4. The Kier molecular flexibility index (Phi) is 4.76. The first-order valence-electron chi connectivity index (χ1n) is 8.79. The maximum atomic E-state index is 13.6. The summed E-state index contributed by atoms with van der Waals surface area (Å²) in [6.07, 6.45) is -3.65. The molecule has 0 radical (unpaired) electrons. The van der Waals surface area contributed by atoms with Crippen molar-refractivity contribution in [3.05, 3.63) is 65.7 Å². The van der Waals surface area contributed by atoms with Crippen molar-refractivity contribution in [1.29, 1.82) is 0 Å². The lowest BCUT2D eigenvalue weighted by Crippen LogP contribution is -2.37. The van der Waals surface area contributed by atoms with E-state index >= 15 is 0 Å². The number of hydrogen-bond donors (Lipinski definition) is 1. The van der Waals surface area contributed by atoms with Crippen LogP contribution in [-0.4, -0.2) is 34.3 Å². The first-order valence-corrected chi connectivity index (χ1v) is 8.79. The molecule has 0 aliphatic carbocycles. The highest BCUT2D eigenvalue weighted by molar-refractivity contribution is 5.98. The molecule has 0 bridgehead atoms. The Morgan fingerprint density at radius 2 is 1.93 bits per heavy atom. The van der Waals surface area contributed by atoms with Crippen LogP contribution in [0.5, 0.6) is 0 Å². The van der Waals surface area contributed by atoms with Crippen molar-refractivity contribution in [2.75, 3.05) is 6.54 Å². The van der Waals surface area contributed by atoms with Crippen LogP contribution in [0.25, 0.3) is 22.5 Å². The summed E-state index contributed by atoms with van der Waals surface area (Å²) >= 11 is 0. The number of nitrogens with one attached hydrogen (secondary N) is 1. The van der Waals surface area contributed by atoms with Crippen molar-refractivity contribution in [3.8, 4) is 22.5 Å². The van der Waals surface area contributed by atoms with E-state index in [1.54, 1.807) is 6.07 Å². The van der Waals surface area contributed by atoms with E-state index in [4.69, 9.17) is 0 Å². The predicted octanol–water partition coefficient (Wildman–Crippen LogP) is 3.16. The highest BCUT2D eigenvalue weighted by atomic mass is 19.4. The monoisotopic (exact) mass is 419 g/mol. The molecule has 0 fully saturated rings. The fourth-order valence-electron chi connectivity index (χ4n) is 3.19. The molecule has 1 N–H and O–H groups in total. The minimum absolute atomic E-state index is 0.0645. The van der Waals surface area contributed by atoms with Crippen molar-refractivity contribution in [2.45, 2.75) is 12.6 Å². The van der Waals surface area contributed by atoms with Gasteiger partial charge in [-0.05, 0) is 30.3 Å². The second kappa shape index (κ2) is 7.29. The Morgan fingerprint density at radius 1 is 1.13 bits per heavy atom. The third-order valence-corrected chi connectivity index (χ3v) is 4.53. The molecule has 3 aromatic rings. The summed E-state index contributed by atoms with van der Waals surface area (Å²) in [6.45, 7) is 0.184. The van der Waals surface area contributed by atoms with Crippen molar-refractivity contribution in [3.63, 3.8) is 0 Å². The topological polar surface area (TPSA) is 73.2 Å². The quantitative estimate of drug-likeness (QED) is 0.662. The molecule has 0 spiro atoms. The molecule has 0 saturated carbocycles. The molecule has 154 valence electrons. The van der Waals surface area contributed by atoms with Gasteiger partial charge in [0.1, 0.15) is 5.82 Å². The average Bonchev–Trinajstić information content (AvgIpc) is 3.07. The van der Waals surface area contributed by atoms with E-state index in [1.165, 1.54) is 42.6 Å². The molecule has 1 aromatic carbocycles. The second-order valence-electron chi connectivity index (χ2n) is 6.51. The second-order valence-corrected chi connectivity index (χ2v) is 6.51. The van der Waals surface area contributed by atoms with Crippen LogP contribution in [0.2, 0.25) is 0 Å². The van der Waals surface area contributed by atoms with Crippen LogP contribution in [0, 0.1) is 5.82 Å². The third-order valence-electron chi connectivity index (χ3n) is 4.53. The lowest BCUT2D eigenvalue weighted by molar-refractivity contribution is -0.199. The lowest BCUT2D eigenvalue weighted by Gasteiger charge is -2.17. The number of nitrogens with zero attached hydrogens (tertiary/aromatic N) is 2. The number of carbonyl (C=O) groups excluding carboxylic acids is 2. The molecule has 1 amide bonds. The number of aromatic nitrogens is 2. The van der Waals surface area contributed by atoms with Gasteiger partial charge in [0.15, 0.2) is 0 Å². The van der Waals surface area contributed by atoms with Crippen LogP contribution in [0.4, 0.5) is 17.6 Å². The van der Waals surface area contributed by atoms with Gasteiger partial charge in [0.2, 0.25) is 0 Å². The zero-order valence-electron chi connectivity index (χ0n) is 15.2. The van der Waals surface area contributed by atoms with E-state index in [2.05, 4.69) is 15.1 Å². The Hall–Kier alpha value is -3.69. The lowest BCUT2D eigenvalue weighted by atomic mass is 10.1. The number of rotatable bonds is 3. The van der Waals surface area contributed by atoms with E-state index in [0.29, 0.717) is 16.8 Å². The molecule has 0 saturated heterocycles. The van der Waals surface area contributed by atoms with Crippen LogP contribution in [0.15, 0.2) is 48.7 Å². The fourth-order valence-corrected chi connectivity index (χ4v) is 3.19. The predicted molar refractivity (Wildman–Crippen MR) is 96.7 cm³/mol. The number of carbonyl (C=O) groups is 2. The number of benzene rings is 1. The van der Waals surface area contributed by atoms with Crippen LogP contribution in [0.1, 0.15) is 16.1 Å². The summed E-state index contributed by atoms with van der Waals surface area (Å²) in [5.41, 5.74) is 1.45. The van der Waals surface area contributed by atoms with Gasteiger partial charge in [-0.2, -0.15) is 17.9 Å². The highest BCUT2D eigenvalue weighted by Crippen LogP contribution is 2.30. The Bertz CT molecular complexity index is 1150. The molecule has 2 aromatic heterocycles. The van der Waals surface area contributed by atoms with Crippen LogP contribution in [0.3, 0.4) is 0 Å². The normalized spacial score (nSPS) is 13.5. The maximum Gasteiger partial charge on any atom is 0.493 e. The van der Waals surface area contributed by atoms with Gasteiger partial charge in [0, 0.05) is 30.3 Å². The van der Waals surface area contributed by atoms with Gasteiger partial charge < -0.3 is 10.2 Å². The standard InChI is InChI=1S/C20H13F4N3O3/c21-13-3-1-2-11(8-13)15-9-12(4-6-25-15)17-10-14-16(5-7-26-18(14)28)27(17)30-19(29)20(22,23)24/h1-4,6,8-10H,5,7H2,(H,26,28). The molecular formula is C20H13F4N3O3. The fraction of sp³-hybridized carbons (Fsp3) is 0.150. The van der Waals surface area contributed by atoms with E-state index in [-0.39, 0.29) is 29.9 Å². The van der Waals surface area contributed by atoms with Gasteiger partial charge in [-0.1, -0.05) is 12.1 Å². The summed E-state index contributed by atoms with van der Waals surface area (Å²) in [4.78, 5) is 32.4. The number of pyridine rings is 1.